The number of thiocarbonyl (C=S) groups is 1. The summed E-state index contributed by atoms with van der Waals surface area (Å²) in [5.41, 5.74) is 7.02. The quantitative estimate of drug-likeness (QED) is 0.797. The number of benzene rings is 1. The van der Waals surface area contributed by atoms with Crippen LogP contribution in [0.4, 0.5) is 5.69 Å². The molecule has 104 valence electrons. The van der Waals surface area contributed by atoms with E-state index in [1.165, 1.54) is 0 Å². The minimum absolute atomic E-state index is 0.0230. The van der Waals surface area contributed by atoms with Crippen molar-refractivity contribution in [3.8, 4) is 0 Å². The van der Waals surface area contributed by atoms with Crippen molar-refractivity contribution >= 4 is 28.8 Å². The topological polar surface area (TPSA) is 72.9 Å². The molecule has 0 unspecified atom stereocenters. The summed E-state index contributed by atoms with van der Waals surface area (Å²) in [5, 5.41) is 2.84. The standard InChI is InChI=1S/C14H16N4OS/c15-14(20)11-3-1-4-12(9-11)17-13(19)5-2-7-18-8-6-16-10-18/h1,3-4,6,8-10H,2,5,7H2,(H2,15,20)(H,17,19). The van der Waals surface area contributed by atoms with E-state index in [2.05, 4.69) is 10.3 Å². The van der Waals surface area contributed by atoms with Gasteiger partial charge in [-0.1, -0.05) is 24.4 Å². The van der Waals surface area contributed by atoms with Crippen LogP contribution in [0.3, 0.4) is 0 Å². The molecule has 0 aliphatic heterocycles. The van der Waals surface area contributed by atoms with Crippen LogP contribution in [0.15, 0.2) is 43.0 Å². The van der Waals surface area contributed by atoms with Gasteiger partial charge in [0.2, 0.25) is 5.91 Å². The van der Waals surface area contributed by atoms with E-state index in [1.807, 2.05) is 29.0 Å². The fourth-order valence-corrected chi connectivity index (χ4v) is 1.94. The van der Waals surface area contributed by atoms with Crippen molar-refractivity contribution in [2.24, 2.45) is 5.73 Å². The van der Waals surface area contributed by atoms with Crippen LogP contribution >= 0.6 is 12.2 Å². The lowest BCUT2D eigenvalue weighted by Gasteiger charge is -2.07. The Hall–Kier alpha value is -2.21. The van der Waals surface area contributed by atoms with Gasteiger partial charge in [0.25, 0.3) is 0 Å². The third kappa shape index (κ3) is 4.17. The number of hydrogen-bond acceptors (Lipinski definition) is 3. The van der Waals surface area contributed by atoms with Gasteiger partial charge < -0.3 is 15.6 Å². The summed E-state index contributed by atoms with van der Waals surface area (Å²) in [6, 6.07) is 7.22. The number of carbonyl (C=O) groups is 1. The summed E-state index contributed by atoms with van der Waals surface area (Å²) in [7, 11) is 0. The molecule has 6 heteroatoms. The molecule has 1 aromatic heterocycles. The number of nitrogens with two attached hydrogens (primary N) is 1. The molecular weight excluding hydrogens is 272 g/mol. The summed E-state index contributed by atoms with van der Waals surface area (Å²) in [6.07, 6.45) is 6.56. The number of aryl methyl sites for hydroxylation is 1. The molecule has 0 saturated carbocycles. The normalized spacial score (nSPS) is 10.2. The van der Waals surface area contributed by atoms with Crippen molar-refractivity contribution in [2.75, 3.05) is 5.32 Å². The van der Waals surface area contributed by atoms with Crippen LogP contribution < -0.4 is 11.1 Å². The summed E-state index contributed by atoms with van der Waals surface area (Å²) < 4.78 is 1.95. The van der Waals surface area contributed by atoms with E-state index < -0.39 is 0 Å². The first-order chi connectivity index (χ1) is 9.65. The number of aromatic nitrogens is 2. The Balaban J connectivity index is 1.82. The number of imidazole rings is 1. The van der Waals surface area contributed by atoms with E-state index >= 15 is 0 Å². The lowest BCUT2D eigenvalue weighted by Crippen LogP contribution is -2.14. The second-order valence-electron chi connectivity index (χ2n) is 4.40. The van der Waals surface area contributed by atoms with Gasteiger partial charge in [-0.25, -0.2) is 4.98 Å². The van der Waals surface area contributed by atoms with Crippen LogP contribution in [0.5, 0.6) is 0 Å². The molecule has 3 N–H and O–H groups in total. The molecule has 0 spiro atoms. The second kappa shape index (κ2) is 6.81. The number of amides is 1. The first kappa shape index (κ1) is 14.2. The summed E-state index contributed by atoms with van der Waals surface area (Å²) in [5.74, 6) is -0.0230. The highest BCUT2D eigenvalue weighted by atomic mass is 32.1. The maximum absolute atomic E-state index is 11.8. The predicted molar refractivity (Wildman–Crippen MR) is 82.4 cm³/mol. The Morgan fingerprint density at radius 3 is 3.00 bits per heavy atom. The van der Waals surface area contributed by atoms with Crippen LogP contribution in [0, 0.1) is 0 Å². The zero-order chi connectivity index (χ0) is 14.4. The first-order valence-electron chi connectivity index (χ1n) is 6.30. The van der Waals surface area contributed by atoms with Crippen LogP contribution in [0.1, 0.15) is 18.4 Å². The van der Waals surface area contributed by atoms with Gasteiger partial charge >= 0.3 is 0 Å². The number of rotatable bonds is 6. The third-order valence-electron chi connectivity index (χ3n) is 2.81. The van der Waals surface area contributed by atoms with Crippen LogP contribution in [0.2, 0.25) is 0 Å². The summed E-state index contributed by atoms with van der Waals surface area (Å²) >= 11 is 4.91. The fourth-order valence-electron chi connectivity index (χ4n) is 1.81. The lowest BCUT2D eigenvalue weighted by atomic mass is 10.2. The Morgan fingerprint density at radius 2 is 2.30 bits per heavy atom. The van der Waals surface area contributed by atoms with Crippen LogP contribution in [-0.2, 0) is 11.3 Å². The van der Waals surface area contributed by atoms with Crippen molar-refractivity contribution < 1.29 is 4.79 Å². The van der Waals surface area contributed by atoms with Crippen molar-refractivity contribution in [3.63, 3.8) is 0 Å². The molecule has 20 heavy (non-hydrogen) atoms. The molecule has 0 atom stereocenters. The highest BCUT2D eigenvalue weighted by Crippen LogP contribution is 2.11. The average molecular weight is 288 g/mol. The van der Waals surface area contributed by atoms with Gasteiger partial charge in [0.15, 0.2) is 0 Å². The van der Waals surface area contributed by atoms with E-state index in [0.717, 1.165) is 18.5 Å². The van der Waals surface area contributed by atoms with Crippen molar-refractivity contribution in [2.45, 2.75) is 19.4 Å². The van der Waals surface area contributed by atoms with E-state index in [9.17, 15) is 4.79 Å². The molecule has 0 aliphatic carbocycles. The average Bonchev–Trinajstić information content (AvgIpc) is 2.92. The molecule has 2 rings (SSSR count). The van der Waals surface area contributed by atoms with E-state index in [0.29, 0.717) is 17.1 Å². The Bertz CT molecular complexity index is 595. The molecule has 0 aliphatic rings. The molecule has 0 bridgehead atoms. The highest BCUT2D eigenvalue weighted by molar-refractivity contribution is 7.80. The van der Waals surface area contributed by atoms with Crippen molar-refractivity contribution in [3.05, 3.63) is 48.5 Å². The highest BCUT2D eigenvalue weighted by Gasteiger charge is 2.04. The van der Waals surface area contributed by atoms with E-state index in [4.69, 9.17) is 18.0 Å². The van der Waals surface area contributed by atoms with Crippen molar-refractivity contribution in [1.82, 2.24) is 9.55 Å². The smallest absolute Gasteiger partial charge is 0.224 e. The third-order valence-corrected chi connectivity index (χ3v) is 3.05. The zero-order valence-electron chi connectivity index (χ0n) is 11.0. The fraction of sp³-hybridized carbons (Fsp3) is 0.214. The van der Waals surface area contributed by atoms with Crippen molar-refractivity contribution in [1.29, 1.82) is 0 Å². The molecule has 1 amide bonds. The van der Waals surface area contributed by atoms with Gasteiger partial charge in [-0.05, 0) is 18.6 Å². The number of nitrogens with zero attached hydrogens (tertiary/aromatic N) is 2. The first-order valence-corrected chi connectivity index (χ1v) is 6.71. The predicted octanol–water partition coefficient (Wildman–Crippen LogP) is 1.94. The Labute approximate surface area is 122 Å². The number of nitrogens with one attached hydrogen (secondary N) is 1. The number of anilines is 1. The van der Waals surface area contributed by atoms with Gasteiger partial charge in [0.05, 0.1) is 6.33 Å². The molecule has 1 aromatic carbocycles. The Morgan fingerprint density at radius 1 is 1.45 bits per heavy atom. The number of hydrogen-bond donors (Lipinski definition) is 2. The second-order valence-corrected chi connectivity index (χ2v) is 4.84. The van der Waals surface area contributed by atoms with E-state index in [-0.39, 0.29) is 5.91 Å². The van der Waals surface area contributed by atoms with Gasteiger partial charge in [0.1, 0.15) is 4.99 Å². The van der Waals surface area contributed by atoms with Crippen LogP contribution in [0.25, 0.3) is 0 Å². The van der Waals surface area contributed by atoms with Gasteiger partial charge in [-0.15, -0.1) is 0 Å². The molecule has 5 nitrogen and oxygen atoms in total. The molecular formula is C14H16N4OS. The summed E-state index contributed by atoms with van der Waals surface area (Å²) in [6.45, 7) is 0.778. The molecule has 0 saturated heterocycles. The van der Waals surface area contributed by atoms with Gasteiger partial charge in [-0.2, -0.15) is 0 Å². The minimum Gasteiger partial charge on any atom is -0.389 e. The monoisotopic (exact) mass is 288 g/mol. The molecule has 2 aromatic rings. The molecule has 0 radical (unpaired) electrons. The van der Waals surface area contributed by atoms with Gasteiger partial charge in [-0.3, -0.25) is 4.79 Å². The SMILES string of the molecule is NC(=S)c1cccc(NC(=O)CCCn2ccnc2)c1. The largest absolute Gasteiger partial charge is 0.389 e. The Kier molecular flexibility index (Phi) is 4.84. The minimum atomic E-state index is -0.0230. The molecule has 0 fully saturated rings. The zero-order valence-corrected chi connectivity index (χ0v) is 11.8. The lowest BCUT2D eigenvalue weighted by molar-refractivity contribution is -0.116. The van der Waals surface area contributed by atoms with E-state index in [1.54, 1.807) is 18.6 Å². The maximum Gasteiger partial charge on any atom is 0.224 e. The number of carbonyl (C=O) groups excluding carboxylic acids is 1. The van der Waals surface area contributed by atoms with Crippen LogP contribution in [-0.4, -0.2) is 20.4 Å². The van der Waals surface area contributed by atoms with Gasteiger partial charge in [0, 0.05) is 36.6 Å². The molecule has 1 heterocycles. The maximum atomic E-state index is 11.8. The summed E-state index contributed by atoms with van der Waals surface area (Å²) in [4.78, 5) is 16.1.